The lowest BCUT2D eigenvalue weighted by Gasteiger charge is -2.38. The van der Waals surface area contributed by atoms with E-state index in [0.717, 1.165) is 11.8 Å². The normalized spacial score (nSPS) is 41.6. The van der Waals surface area contributed by atoms with Gasteiger partial charge in [0.1, 0.15) is 30.3 Å². The van der Waals surface area contributed by atoms with Crippen molar-refractivity contribution < 1.29 is 23.7 Å². The van der Waals surface area contributed by atoms with Gasteiger partial charge in [-0.1, -0.05) is 17.7 Å². The molecule has 5 atom stereocenters. The summed E-state index contributed by atoms with van der Waals surface area (Å²) in [5.74, 6) is 2.31. The van der Waals surface area contributed by atoms with Crippen molar-refractivity contribution in [3.8, 4) is 12.3 Å². The van der Waals surface area contributed by atoms with Gasteiger partial charge in [-0.15, -0.1) is 6.42 Å². The molecule has 8 heteroatoms. The van der Waals surface area contributed by atoms with Crippen LogP contribution < -0.4 is 5.32 Å². The third-order valence-electron chi connectivity index (χ3n) is 2.72. The van der Waals surface area contributed by atoms with Crippen LogP contribution in [-0.2, 0) is 4.74 Å². The second-order valence-electron chi connectivity index (χ2n) is 3.90. The van der Waals surface area contributed by atoms with Crippen LogP contribution in [0.5, 0.6) is 0 Å². The van der Waals surface area contributed by atoms with Crippen LogP contribution in [0.2, 0.25) is 0 Å². The number of nitrogens with one attached hydrogen (secondary N) is 1. The number of alkyl halides is 2. The van der Waals surface area contributed by atoms with Crippen molar-refractivity contribution in [1.82, 2.24) is 5.32 Å². The largest absolute Gasteiger partial charge is 0.388 e. The molecule has 0 aromatic carbocycles. The topological polar surface area (TPSA) is 74.1 Å². The lowest BCUT2D eigenvalue weighted by molar-refractivity contribution is -0.195. The summed E-state index contributed by atoms with van der Waals surface area (Å²) in [7, 11) is 0. The van der Waals surface area contributed by atoms with Crippen molar-refractivity contribution in [3.63, 3.8) is 0 Å². The zero-order valence-electron chi connectivity index (χ0n) is 9.16. The van der Waals surface area contributed by atoms with Crippen molar-refractivity contribution in [1.29, 1.82) is 0 Å². The number of amidine groups is 1. The lowest BCUT2D eigenvalue weighted by atomic mass is 9.98. The van der Waals surface area contributed by atoms with E-state index in [4.69, 9.17) is 11.2 Å². The van der Waals surface area contributed by atoms with Gasteiger partial charge in [0.2, 0.25) is 0 Å². The molecule has 2 fully saturated rings. The predicted molar refractivity (Wildman–Crippen MR) is 62.3 cm³/mol. The van der Waals surface area contributed by atoms with Crippen LogP contribution >= 0.6 is 11.8 Å². The Morgan fingerprint density at radius 1 is 1.50 bits per heavy atom. The van der Waals surface area contributed by atoms with Crippen molar-refractivity contribution in [2.24, 2.45) is 4.99 Å². The number of aliphatic hydroxyl groups excluding tert-OH is 2. The highest BCUT2D eigenvalue weighted by Crippen LogP contribution is 2.35. The molecule has 5 unspecified atom stereocenters. The maximum Gasteiger partial charge on any atom is 0.267 e. The van der Waals surface area contributed by atoms with E-state index in [9.17, 15) is 19.0 Å². The molecule has 2 aliphatic heterocycles. The van der Waals surface area contributed by atoms with E-state index in [-0.39, 0.29) is 6.54 Å². The van der Waals surface area contributed by atoms with Crippen LogP contribution in [0.1, 0.15) is 0 Å². The molecular formula is C10H12F2N2O3S. The minimum absolute atomic E-state index is 0.145. The van der Waals surface area contributed by atoms with E-state index in [2.05, 4.69) is 16.2 Å². The predicted octanol–water partition coefficient (Wildman–Crippen LogP) is -0.608. The standard InChI is InChI=1S/C10H12F2N2O3S/c1-2-3-13-10-14-4-5(15)6(16)7(8(11)12)17-9(4)18-10/h1,4-9,15-16H,3H2,(H,13,14). The van der Waals surface area contributed by atoms with Crippen LogP contribution in [-0.4, -0.2) is 58.1 Å². The third-order valence-corrected chi connectivity index (χ3v) is 3.83. The lowest BCUT2D eigenvalue weighted by Crippen LogP contribution is -2.60. The number of aliphatic imine (C=N–C) groups is 1. The molecule has 3 N–H and O–H groups in total. The van der Waals surface area contributed by atoms with Crippen LogP contribution in [0.25, 0.3) is 0 Å². The van der Waals surface area contributed by atoms with E-state index in [1.54, 1.807) is 0 Å². The summed E-state index contributed by atoms with van der Waals surface area (Å²) in [4.78, 5) is 3.97. The van der Waals surface area contributed by atoms with Gasteiger partial charge in [0.25, 0.3) is 6.43 Å². The maximum absolute atomic E-state index is 12.6. The van der Waals surface area contributed by atoms with Gasteiger partial charge in [-0.3, -0.25) is 0 Å². The zero-order chi connectivity index (χ0) is 13.3. The molecular weight excluding hydrogens is 266 g/mol. The van der Waals surface area contributed by atoms with E-state index < -0.39 is 36.2 Å². The molecule has 0 aromatic heterocycles. The average Bonchev–Trinajstić information content (AvgIpc) is 2.74. The number of ether oxygens (including phenoxy) is 1. The number of hydrogen-bond donors (Lipinski definition) is 3. The molecule has 0 saturated carbocycles. The second kappa shape index (κ2) is 5.40. The number of hydrogen-bond acceptors (Lipinski definition) is 5. The first-order valence-electron chi connectivity index (χ1n) is 5.25. The molecule has 0 spiro atoms. The Morgan fingerprint density at radius 2 is 2.22 bits per heavy atom. The maximum atomic E-state index is 12.6. The number of thioether (sulfide) groups is 1. The third kappa shape index (κ3) is 2.44. The Bertz CT molecular complexity index is 388. The first kappa shape index (κ1) is 13.5. The minimum Gasteiger partial charge on any atom is -0.388 e. The highest BCUT2D eigenvalue weighted by molar-refractivity contribution is 8.14. The molecule has 2 heterocycles. The quantitative estimate of drug-likeness (QED) is 0.588. The van der Waals surface area contributed by atoms with Crippen molar-refractivity contribution >= 4 is 16.9 Å². The van der Waals surface area contributed by atoms with Crippen molar-refractivity contribution in [2.75, 3.05) is 6.54 Å². The number of nitrogens with zero attached hydrogens (tertiary/aromatic N) is 1. The highest BCUT2D eigenvalue weighted by atomic mass is 32.2. The molecule has 0 amide bonds. The summed E-state index contributed by atoms with van der Waals surface area (Å²) < 4.78 is 30.3. The van der Waals surface area contributed by atoms with Gasteiger partial charge in [0.15, 0.2) is 5.17 Å². The zero-order valence-corrected chi connectivity index (χ0v) is 9.98. The van der Waals surface area contributed by atoms with E-state index >= 15 is 0 Å². The molecule has 2 rings (SSSR count). The Hall–Kier alpha value is -0.880. The van der Waals surface area contributed by atoms with Gasteiger partial charge in [-0.05, 0) is 0 Å². The van der Waals surface area contributed by atoms with Crippen molar-refractivity contribution in [2.45, 2.75) is 36.2 Å². The van der Waals surface area contributed by atoms with Crippen LogP contribution in [0.15, 0.2) is 4.99 Å². The minimum atomic E-state index is -2.86. The average molecular weight is 278 g/mol. The van der Waals surface area contributed by atoms with E-state index in [0.29, 0.717) is 5.17 Å². The number of rotatable bonds is 2. The SMILES string of the molecule is C#CCN=C1NC2C(OC(C(F)F)C(O)C2O)S1. The van der Waals surface area contributed by atoms with Gasteiger partial charge in [-0.25, -0.2) is 13.8 Å². The van der Waals surface area contributed by atoms with Crippen LogP contribution in [0.4, 0.5) is 8.78 Å². The second-order valence-corrected chi connectivity index (χ2v) is 4.99. The molecule has 0 bridgehead atoms. The van der Waals surface area contributed by atoms with Crippen LogP contribution in [0, 0.1) is 12.3 Å². The Morgan fingerprint density at radius 3 is 2.83 bits per heavy atom. The van der Waals surface area contributed by atoms with Gasteiger partial charge in [0.05, 0.1) is 6.04 Å². The summed E-state index contributed by atoms with van der Waals surface area (Å²) in [6.07, 6.45) is -2.47. The monoisotopic (exact) mass is 278 g/mol. The molecule has 2 aliphatic rings. The highest BCUT2D eigenvalue weighted by Gasteiger charge is 2.51. The number of terminal acetylenes is 1. The van der Waals surface area contributed by atoms with Gasteiger partial charge in [-0.2, -0.15) is 0 Å². The molecule has 0 radical (unpaired) electrons. The Labute approximate surface area is 107 Å². The summed E-state index contributed by atoms with van der Waals surface area (Å²) in [6.45, 7) is 0.145. The number of halogens is 2. The van der Waals surface area contributed by atoms with Gasteiger partial charge in [0, 0.05) is 0 Å². The molecule has 0 aromatic rings. The van der Waals surface area contributed by atoms with Gasteiger partial charge < -0.3 is 20.3 Å². The summed E-state index contributed by atoms with van der Waals surface area (Å²) in [5.41, 5.74) is -0.709. The number of aliphatic hydroxyl groups is 2. The smallest absolute Gasteiger partial charge is 0.267 e. The Balaban J connectivity index is 2.10. The molecule has 0 aliphatic carbocycles. The first-order chi connectivity index (χ1) is 8.54. The van der Waals surface area contributed by atoms with Gasteiger partial charge >= 0.3 is 0 Å². The van der Waals surface area contributed by atoms with Crippen molar-refractivity contribution in [3.05, 3.63) is 0 Å². The molecule has 18 heavy (non-hydrogen) atoms. The van der Waals surface area contributed by atoms with E-state index in [1.165, 1.54) is 0 Å². The van der Waals surface area contributed by atoms with Crippen LogP contribution in [0.3, 0.4) is 0 Å². The summed E-state index contributed by atoms with van der Waals surface area (Å²) in [5, 5.41) is 22.5. The summed E-state index contributed by atoms with van der Waals surface area (Å²) >= 11 is 1.08. The Kier molecular flexibility index (Phi) is 4.07. The first-order valence-corrected chi connectivity index (χ1v) is 6.13. The molecule has 5 nitrogen and oxygen atoms in total. The fourth-order valence-corrected chi connectivity index (χ4v) is 2.96. The molecule has 100 valence electrons. The molecule has 2 saturated heterocycles. The number of fused-ring (bicyclic) bond motifs is 1. The fourth-order valence-electron chi connectivity index (χ4n) is 1.84. The summed E-state index contributed by atoms with van der Waals surface area (Å²) in [6, 6.07) is -0.670. The fraction of sp³-hybridized carbons (Fsp3) is 0.700. The van der Waals surface area contributed by atoms with E-state index in [1.807, 2.05) is 0 Å².